The molecule has 1 fully saturated rings. The minimum atomic E-state index is 0.0811. The lowest BCUT2D eigenvalue weighted by Gasteiger charge is -2.37. The average molecular weight is 258 g/mol. The number of aromatic nitrogens is 1. The van der Waals surface area contributed by atoms with Crippen LogP contribution in [0.25, 0.3) is 0 Å². The number of rotatable bonds is 4. The summed E-state index contributed by atoms with van der Waals surface area (Å²) in [7, 11) is 0. The van der Waals surface area contributed by atoms with Gasteiger partial charge in [0.05, 0.1) is 12.1 Å². The smallest absolute Gasteiger partial charge is 0.128 e. The van der Waals surface area contributed by atoms with Gasteiger partial charge in [0, 0.05) is 31.9 Å². The summed E-state index contributed by atoms with van der Waals surface area (Å²) in [5, 5.41) is 9.21. The Morgan fingerprint density at radius 1 is 1.32 bits per heavy atom. The molecule has 1 aliphatic heterocycles. The number of hydrogen-bond donors (Lipinski definition) is 0. The molecule has 0 saturated carbocycles. The van der Waals surface area contributed by atoms with Crippen molar-refractivity contribution in [2.45, 2.75) is 32.7 Å². The lowest BCUT2D eigenvalue weighted by atomic mass is 10.1. The summed E-state index contributed by atoms with van der Waals surface area (Å²) in [6.45, 7) is 7.97. The lowest BCUT2D eigenvalue weighted by Crippen LogP contribution is -2.50. The quantitative estimate of drug-likeness (QED) is 0.830. The van der Waals surface area contributed by atoms with E-state index in [1.165, 1.54) is 0 Å². The highest BCUT2D eigenvalue weighted by Gasteiger charge is 2.23. The van der Waals surface area contributed by atoms with Gasteiger partial charge in [-0.25, -0.2) is 4.98 Å². The van der Waals surface area contributed by atoms with Gasteiger partial charge in [-0.3, -0.25) is 4.90 Å². The van der Waals surface area contributed by atoms with E-state index in [0.717, 1.165) is 50.5 Å². The van der Waals surface area contributed by atoms with E-state index in [0.29, 0.717) is 0 Å². The van der Waals surface area contributed by atoms with Gasteiger partial charge in [-0.1, -0.05) is 19.4 Å². The van der Waals surface area contributed by atoms with E-state index >= 15 is 0 Å². The zero-order valence-electron chi connectivity index (χ0n) is 11.8. The Hall–Kier alpha value is -1.60. The van der Waals surface area contributed by atoms with Gasteiger partial charge in [0.2, 0.25) is 0 Å². The van der Waals surface area contributed by atoms with E-state index < -0.39 is 0 Å². The minimum absolute atomic E-state index is 0.0811. The highest BCUT2D eigenvalue weighted by atomic mass is 15.3. The van der Waals surface area contributed by atoms with Crippen LogP contribution in [0.2, 0.25) is 0 Å². The average Bonchev–Trinajstić information content (AvgIpc) is 2.45. The predicted molar refractivity (Wildman–Crippen MR) is 77.1 cm³/mol. The van der Waals surface area contributed by atoms with Crippen LogP contribution in [-0.2, 0) is 0 Å². The molecule has 2 rings (SSSR count). The van der Waals surface area contributed by atoms with Crippen LogP contribution in [0, 0.1) is 18.3 Å². The van der Waals surface area contributed by atoms with Gasteiger partial charge in [-0.05, 0) is 25.5 Å². The standard InChI is InChI=1S/C15H22N4/c1-3-5-14(12-16)18-8-10-19(11-9-18)15-7-4-6-13(2)17-15/h4,6-7,14H,3,5,8-11H2,1-2H3. The van der Waals surface area contributed by atoms with Crippen molar-refractivity contribution < 1.29 is 0 Å². The van der Waals surface area contributed by atoms with E-state index in [1.54, 1.807) is 0 Å². The van der Waals surface area contributed by atoms with Crippen molar-refractivity contribution in [2.24, 2.45) is 0 Å². The molecule has 0 spiro atoms. The number of piperazine rings is 1. The maximum atomic E-state index is 9.21. The second-order valence-electron chi connectivity index (χ2n) is 5.09. The Morgan fingerprint density at radius 2 is 2.05 bits per heavy atom. The second kappa shape index (κ2) is 6.53. The molecule has 1 unspecified atom stereocenters. The monoisotopic (exact) mass is 258 g/mol. The Bertz CT molecular complexity index is 444. The Kier molecular flexibility index (Phi) is 4.75. The largest absolute Gasteiger partial charge is 0.354 e. The van der Waals surface area contributed by atoms with E-state index in [-0.39, 0.29) is 6.04 Å². The molecule has 1 aromatic rings. The number of aryl methyl sites for hydroxylation is 1. The molecule has 1 saturated heterocycles. The molecule has 1 atom stereocenters. The number of nitriles is 1. The van der Waals surface area contributed by atoms with Crippen LogP contribution in [-0.4, -0.2) is 42.1 Å². The van der Waals surface area contributed by atoms with Crippen molar-refractivity contribution >= 4 is 5.82 Å². The summed E-state index contributed by atoms with van der Waals surface area (Å²) >= 11 is 0. The summed E-state index contributed by atoms with van der Waals surface area (Å²) in [5.41, 5.74) is 1.06. The SMILES string of the molecule is CCCC(C#N)N1CCN(c2cccc(C)n2)CC1. The third-order valence-corrected chi connectivity index (χ3v) is 3.66. The fourth-order valence-electron chi connectivity index (χ4n) is 2.57. The number of hydrogen-bond acceptors (Lipinski definition) is 4. The fraction of sp³-hybridized carbons (Fsp3) is 0.600. The number of pyridine rings is 1. The summed E-state index contributed by atoms with van der Waals surface area (Å²) in [6, 6.07) is 8.65. The first-order chi connectivity index (χ1) is 9.24. The van der Waals surface area contributed by atoms with Crippen molar-refractivity contribution in [3.8, 4) is 6.07 Å². The highest BCUT2D eigenvalue weighted by Crippen LogP contribution is 2.16. The van der Waals surface area contributed by atoms with Crippen LogP contribution in [0.1, 0.15) is 25.5 Å². The summed E-state index contributed by atoms with van der Waals surface area (Å²) in [4.78, 5) is 9.18. The van der Waals surface area contributed by atoms with Crippen LogP contribution >= 0.6 is 0 Å². The first-order valence-corrected chi connectivity index (χ1v) is 7.07. The van der Waals surface area contributed by atoms with Crippen molar-refractivity contribution in [1.29, 1.82) is 5.26 Å². The van der Waals surface area contributed by atoms with Crippen molar-refractivity contribution in [2.75, 3.05) is 31.1 Å². The van der Waals surface area contributed by atoms with Crippen LogP contribution < -0.4 is 4.90 Å². The maximum Gasteiger partial charge on any atom is 0.128 e. The maximum absolute atomic E-state index is 9.21. The van der Waals surface area contributed by atoms with E-state index in [9.17, 15) is 5.26 Å². The fourth-order valence-corrected chi connectivity index (χ4v) is 2.57. The minimum Gasteiger partial charge on any atom is -0.354 e. The first-order valence-electron chi connectivity index (χ1n) is 7.07. The highest BCUT2D eigenvalue weighted by molar-refractivity contribution is 5.39. The van der Waals surface area contributed by atoms with Gasteiger partial charge in [-0.15, -0.1) is 0 Å². The van der Waals surface area contributed by atoms with E-state index in [4.69, 9.17) is 0 Å². The molecule has 0 N–H and O–H groups in total. The summed E-state index contributed by atoms with van der Waals surface area (Å²) in [6.07, 6.45) is 2.04. The van der Waals surface area contributed by atoms with Crippen LogP contribution in [0.5, 0.6) is 0 Å². The molecule has 19 heavy (non-hydrogen) atoms. The lowest BCUT2D eigenvalue weighted by molar-refractivity contribution is 0.211. The van der Waals surface area contributed by atoms with Crippen LogP contribution in [0.3, 0.4) is 0 Å². The number of anilines is 1. The molecule has 0 amide bonds. The summed E-state index contributed by atoms with van der Waals surface area (Å²) in [5.74, 6) is 1.06. The topological polar surface area (TPSA) is 43.2 Å². The van der Waals surface area contributed by atoms with E-state index in [1.807, 2.05) is 13.0 Å². The molecular weight excluding hydrogens is 236 g/mol. The third kappa shape index (κ3) is 3.45. The first kappa shape index (κ1) is 13.8. The molecule has 0 radical (unpaired) electrons. The molecule has 0 aromatic carbocycles. The van der Waals surface area contributed by atoms with Gasteiger partial charge < -0.3 is 4.90 Å². The van der Waals surface area contributed by atoms with Crippen LogP contribution in [0.15, 0.2) is 18.2 Å². The molecule has 2 heterocycles. The van der Waals surface area contributed by atoms with Crippen molar-refractivity contribution in [3.05, 3.63) is 23.9 Å². The van der Waals surface area contributed by atoms with Gasteiger partial charge in [0.25, 0.3) is 0 Å². The molecule has 1 aliphatic rings. The third-order valence-electron chi connectivity index (χ3n) is 3.66. The Morgan fingerprint density at radius 3 is 2.63 bits per heavy atom. The molecule has 4 heteroatoms. The van der Waals surface area contributed by atoms with E-state index in [2.05, 4.69) is 39.9 Å². The molecule has 0 aliphatic carbocycles. The molecule has 0 bridgehead atoms. The Balaban J connectivity index is 1.94. The molecule has 4 nitrogen and oxygen atoms in total. The number of nitrogens with zero attached hydrogens (tertiary/aromatic N) is 4. The predicted octanol–water partition coefficient (Wildman–Crippen LogP) is 2.20. The molecule has 102 valence electrons. The van der Waals surface area contributed by atoms with Gasteiger partial charge in [0.15, 0.2) is 0 Å². The Labute approximate surface area is 115 Å². The van der Waals surface area contributed by atoms with Crippen LogP contribution in [0.4, 0.5) is 5.82 Å². The normalized spacial score (nSPS) is 18.1. The van der Waals surface area contributed by atoms with Crippen molar-refractivity contribution in [3.63, 3.8) is 0 Å². The zero-order chi connectivity index (χ0) is 13.7. The van der Waals surface area contributed by atoms with Gasteiger partial charge >= 0.3 is 0 Å². The van der Waals surface area contributed by atoms with Gasteiger partial charge in [-0.2, -0.15) is 5.26 Å². The molecular formula is C15H22N4. The molecule has 1 aromatic heterocycles. The second-order valence-corrected chi connectivity index (χ2v) is 5.09. The van der Waals surface area contributed by atoms with Crippen molar-refractivity contribution in [1.82, 2.24) is 9.88 Å². The zero-order valence-corrected chi connectivity index (χ0v) is 11.8. The van der Waals surface area contributed by atoms with Gasteiger partial charge in [0.1, 0.15) is 5.82 Å². The summed E-state index contributed by atoms with van der Waals surface area (Å²) < 4.78 is 0.